The number of aliphatic hydroxyl groups excluding tert-OH is 1. The van der Waals surface area contributed by atoms with Gasteiger partial charge in [0.05, 0.1) is 6.10 Å². The van der Waals surface area contributed by atoms with E-state index in [1.54, 1.807) is 4.90 Å². The number of carbonyl (C=O) groups is 1. The maximum atomic E-state index is 12.4. The molecule has 114 valence electrons. The lowest BCUT2D eigenvalue weighted by atomic mass is 9.71. The first-order valence-corrected chi connectivity index (χ1v) is 7.58. The summed E-state index contributed by atoms with van der Waals surface area (Å²) in [6.45, 7) is 2.58. The molecule has 1 N–H and O–H groups in total. The first-order valence-electron chi connectivity index (χ1n) is 7.58. The van der Waals surface area contributed by atoms with Crippen LogP contribution in [-0.4, -0.2) is 23.0 Å². The van der Waals surface area contributed by atoms with Crippen LogP contribution in [-0.2, 0) is 16.8 Å². The molecule has 0 spiro atoms. The van der Waals surface area contributed by atoms with Gasteiger partial charge in [-0.05, 0) is 16.7 Å². The summed E-state index contributed by atoms with van der Waals surface area (Å²) in [5, 5.41) is 11.0. The van der Waals surface area contributed by atoms with Crippen molar-refractivity contribution in [2.75, 3.05) is 7.05 Å². The van der Waals surface area contributed by atoms with Gasteiger partial charge in [-0.15, -0.1) is 0 Å². The average molecular weight is 295 g/mol. The van der Waals surface area contributed by atoms with Crippen LogP contribution in [0.3, 0.4) is 0 Å². The van der Waals surface area contributed by atoms with E-state index in [1.807, 2.05) is 68.6 Å². The molecular weight excluding hydrogens is 274 g/mol. The van der Waals surface area contributed by atoms with Gasteiger partial charge in [0.25, 0.3) is 0 Å². The minimum absolute atomic E-state index is 0.0636. The van der Waals surface area contributed by atoms with Crippen molar-refractivity contribution in [1.29, 1.82) is 0 Å². The van der Waals surface area contributed by atoms with Gasteiger partial charge in [0.2, 0.25) is 5.91 Å². The molecule has 0 bridgehead atoms. The predicted octanol–water partition coefficient (Wildman–Crippen LogP) is 3.04. The highest BCUT2D eigenvalue weighted by Crippen LogP contribution is 2.43. The fraction of sp³-hybridized carbons (Fsp3) is 0.316. The number of amides is 1. The van der Waals surface area contributed by atoms with E-state index in [1.165, 1.54) is 0 Å². The summed E-state index contributed by atoms with van der Waals surface area (Å²) in [5.41, 5.74) is 2.38. The van der Waals surface area contributed by atoms with Gasteiger partial charge >= 0.3 is 0 Å². The normalized spacial score (nSPS) is 22.9. The molecule has 0 fully saturated rings. The summed E-state index contributed by atoms with van der Waals surface area (Å²) >= 11 is 0. The fourth-order valence-electron chi connectivity index (χ4n) is 3.35. The van der Waals surface area contributed by atoms with Crippen molar-refractivity contribution in [3.8, 4) is 0 Å². The van der Waals surface area contributed by atoms with Gasteiger partial charge in [0, 0.05) is 25.4 Å². The Morgan fingerprint density at radius 3 is 2.45 bits per heavy atom. The summed E-state index contributed by atoms with van der Waals surface area (Å²) in [4.78, 5) is 14.2. The van der Waals surface area contributed by atoms with Gasteiger partial charge in [0.1, 0.15) is 0 Å². The van der Waals surface area contributed by atoms with Crippen LogP contribution in [0.15, 0.2) is 54.6 Å². The Bertz CT molecular complexity index is 683. The number of fused-ring (bicyclic) bond motifs is 1. The van der Waals surface area contributed by atoms with Crippen molar-refractivity contribution in [3.63, 3.8) is 0 Å². The monoisotopic (exact) mass is 295 g/mol. The van der Waals surface area contributed by atoms with Crippen molar-refractivity contribution in [2.45, 2.75) is 31.4 Å². The van der Waals surface area contributed by atoms with Crippen molar-refractivity contribution in [2.24, 2.45) is 0 Å². The second-order valence-electron chi connectivity index (χ2n) is 6.31. The third-order valence-corrected chi connectivity index (χ3v) is 4.70. The van der Waals surface area contributed by atoms with E-state index in [2.05, 4.69) is 0 Å². The van der Waals surface area contributed by atoms with E-state index in [0.717, 1.165) is 16.7 Å². The molecule has 2 unspecified atom stereocenters. The zero-order chi connectivity index (χ0) is 15.7. The Hall–Kier alpha value is -2.13. The number of nitrogens with zero attached hydrogens (tertiary/aromatic N) is 1. The lowest BCUT2D eigenvalue weighted by molar-refractivity contribution is -0.132. The first-order chi connectivity index (χ1) is 10.5. The Kier molecular flexibility index (Phi) is 3.75. The zero-order valence-electron chi connectivity index (χ0n) is 13.0. The molecule has 0 aliphatic carbocycles. The smallest absolute Gasteiger partial charge is 0.223 e. The molecule has 3 rings (SSSR count). The molecular formula is C19H21NO2. The van der Waals surface area contributed by atoms with Crippen molar-refractivity contribution in [1.82, 2.24) is 4.90 Å². The lowest BCUT2D eigenvalue weighted by Gasteiger charge is -2.35. The number of benzene rings is 2. The van der Waals surface area contributed by atoms with Crippen LogP contribution in [0.25, 0.3) is 0 Å². The van der Waals surface area contributed by atoms with Crippen LogP contribution in [0.2, 0.25) is 0 Å². The third-order valence-electron chi connectivity index (χ3n) is 4.70. The van der Waals surface area contributed by atoms with Gasteiger partial charge in [-0.1, -0.05) is 61.5 Å². The topological polar surface area (TPSA) is 40.5 Å². The number of hydrogen-bond acceptors (Lipinski definition) is 2. The molecule has 0 saturated heterocycles. The second-order valence-corrected chi connectivity index (χ2v) is 6.31. The Balaban J connectivity index is 2.12. The van der Waals surface area contributed by atoms with E-state index in [9.17, 15) is 9.90 Å². The van der Waals surface area contributed by atoms with Crippen molar-refractivity contribution >= 4 is 5.91 Å². The maximum absolute atomic E-state index is 12.4. The molecule has 1 aliphatic heterocycles. The van der Waals surface area contributed by atoms with E-state index >= 15 is 0 Å². The zero-order valence-corrected chi connectivity index (χ0v) is 13.0. The van der Waals surface area contributed by atoms with Gasteiger partial charge < -0.3 is 10.0 Å². The van der Waals surface area contributed by atoms with Crippen LogP contribution >= 0.6 is 0 Å². The minimum atomic E-state index is -0.717. The Morgan fingerprint density at radius 1 is 1.09 bits per heavy atom. The Labute approximate surface area is 131 Å². The number of rotatable bonds is 2. The second kappa shape index (κ2) is 5.58. The standard InChI is InChI=1S/C19H21NO2/c1-19(18(22)14-8-4-3-5-9-14)12-17(21)20(2)13-15-10-6-7-11-16(15)19/h3-11,18,22H,12-13H2,1-2H3. The minimum Gasteiger partial charge on any atom is -0.387 e. The van der Waals surface area contributed by atoms with Gasteiger partial charge in [-0.3, -0.25) is 4.79 Å². The molecule has 1 heterocycles. The summed E-state index contributed by atoms with van der Waals surface area (Å²) in [6.07, 6.45) is -0.415. The third kappa shape index (κ3) is 2.42. The van der Waals surface area contributed by atoms with Crippen LogP contribution in [0, 0.1) is 0 Å². The van der Waals surface area contributed by atoms with Crippen LogP contribution in [0.5, 0.6) is 0 Å². The fourth-order valence-corrected chi connectivity index (χ4v) is 3.35. The molecule has 0 radical (unpaired) electrons. The highest BCUT2D eigenvalue weighted by molar-refractivity contribution is 5.79. The van der Waals surface area contributed by atoms with Gasteiger partial charge in [-0.2, -0.15) is 0 Å². The first kappa shape index (κ1) is 14.8. The van der Waals surface area contributed by atoms with Crippen LogP contribution in [0.4, 0.5) is 0 Å². The van der Waals surface area contributed by atoms with Crippen LogP contribution < -0.4 is 0 Å². The summed E-state index contributed by atoms with van der Waals surface area (Å²) < 4.78 is 0. The predicted molar refractivity (Wildman–Crippen MR) is 86.3 cm³/mol. The summed E-state index contributed by atoms with van der Waals surface area (Å²) in [5.74, 6) is 0.0636. The number of hydrogen-bond donors (Lipinski definition) is 1. The van der Waals surface area contributed by atoms with E-state index < -0.39 is 11.5 Å². The Morgan fingerprint density at radius 2 is 1.73 bits per heavy atom. The summed E-state index contributed by atoms with van der Waals surface area (Å²) in [6, 6.07) is 17.6. The van der Waals surface area contributed by atoms with Crippen LogP contribution in [0.1, 0.15) is 36.1 Å². The van der Waals surface area contributed by atoms with Gasteiger partial charge in [-0.25, -0.2) is 0 Å². The quantitative estimate of drug-likeness (QED) is 0.925. The number of aliphatic hydroxyl groups is 1. The summed E-state index contributed by atoms with van der Waals surface area (Å²) in [7, 11) is 1.82. The highest BCUT2D eigenvalue weighted by Gasteiger charge is 2.41. The molecule has 0 aromatic heterocycles. The lowest BCUT2D eigenvalue weighted by Crippen LogP contribution is -2.35. The van der Waals surface area contributed by atoms with Crippen molar-refractivity contribution < 1.29 is 9.90 Å². The molecule has 3 heteroatoms. The van der Waals surface area contributed by atoms with E-state index in [4.69, 9.17) is 0 Å². The van der Waals surface area contributed by atoms with E-state index in [-0.39, 0.29) is 5.91 Å². The van der Waals surface area contributed by atoms with Gasteiger partial charge in [0.15, 0.2) is 0 Å². The van der Waals surface area contributed by atoms with Crippen molar-refractivity contribution in [3.05, 3.63) is 71.3 Å². The molecule has 2 aromatic carbocycles. The molecule has 22 heavy (non-hydrogen) atoms. The largest absolute Gasteiger partial charge is 0.387 e. The molecule has 1 aliphatic rings. The van der Waals surface area contributed by atoms with E-state index in [0.29, 0.717) is 13.0 Å². The SMILES string of the molecule is CN1Cc2ccccc2C(C)(C(O)c2ccccc2)CC1=O. The molecule has 1 amide bonds. The average Bonchev–Trinajstić information content (AvgIpc) is 2.64. The molecule has 2 atom stereocenters. The molecule has 3 nitrogen and oxygen atoms in total. The molecule has 0 saturated carbocycles. The highest BCUT2D eigenvalue weighted by atomic mass is 16.3. The maximum Gasteiger partial charge on any atom is 0.223 e. The number of carbonyl (C=O) groups excluding carboxylic acids is 1. The molecule has 2 aromatic rings.